The minimum atomic E-state index is -0.810. The van der Waals surface area contributed by atoms with Gasteiger partial charge in [0.05, 0.1) is 23.5 Å². The standard InChI is InChI=1S/C33H38ClN3O3/c1-33(2,22-31(38)39)19-17-27(18-20-36(3)23-25-9-5-4-6-10-25)37-32(40)29-12-8-7-11-28(29)30(35-37)21-24-13-15-26(34)16-14-24/h4-16,27H,17-23H2,1-3H3,(H,38,39). The molecule has 0 aliphatic carbocycles. The quantitative estimate of drug-likeness (QED) is 0.191. The molecule has 7 heteroatoms. The largest absolute Gasteiger partial charge is 0.481 e. The molecule has 0 radical (unpaired) electrons. The molecule has 1 unspecified atom stereocenters. The molecule has 4 rings (SSSR count). The van der Waals surface area contributed by atoms with Crippen LogP contribution in [0.2, 0.25) is 5.02 Å². The smallest absolute Gasteiger partial charge is 0.303 e. The minimum absolute atomic E-state index is 0.0789. The van der Waals surface area contributed by atoms with Crippen molar-refractivity contribution in [2.24, 2.45) is 5.41 Å². The molecule has 0 aliphatic rings. The second-order valence-electron chi connectivity index (χ2n) is 11.5. The van der Waals surface area contributed by atoms with Gasteiger partial charge in [-0.05, 0) is 61.1 Å². The van der Waals surface area contributed by atoms with E-state index in [0.29, 0.717) is 29.7 Å². The summed E-state index contributed by atoms with van der Waals surface area (Å²) in [7, 11) is 2.08. The van der Waals surface area contributed by atoms with Crippen LogP contribution in [0.5, 0.6) is 0 Å². The summed E-state index contributed by atoms with van der Waals surface area (Å²) < 4.78 is 1.67. The number of nitrogens with zero attached hydrogens (tertiary/aromatic N) is 3. The molecule has 1 aromatic heterocycles. The number of carboxylic acid groups (broad SMARTS) is 1. The minimum Gasteiger partial charge on any atom is -0.481 e. The fourth-order valence-electron chi connectivity index (χ4n) is 5.24. The van der Waals surface area contributed by atoms with Crippen LogP contribution >= 0.6 is 11.6 Å². The fraction of sp³-hybridized carbons (Fsp3) is 0.364. The second kappa shape index (κ2) is 13.2. The predicted molar refractivity (Wildman–Crippen MR) is 162 cm³/mol. The predicted octanol–water partition coefficient (Wildman–Crippen LogP) is 6.99. The molecular formula is C33H38ClN3O3. The van der Waals surface area contributed by atoms with Crippen molar-refractivity contribution < 1.29 is 9.90 Å². The molecule has 0 amide bonds. The van der Waals surface area contributed by atoms with Crippen molar-refractivity contribution in [3.8, 4) is 0 Å². The van der Waals surface area contributed by atoms with E-state index in [1.54, 1.807) is 4.68 Å². The molecule has 0 saturated heterocycles. The van der Waals surface area contributed by atoms with Crippen LogP contribution in [-0.2, 0) is 17.8 Å². The molecule has 210 valence electrons. The maximum atomic E-state index is 13.8. The van der Waals surface area contributed by atoms with Crippen LogP contribution in [0.1, 0.15) is 62.4 Å². The van der Waals surface area contributed by atoms with Crippen molar-refractivity contribution in [1.29, 1.82) is 0 Å². The van der Waals surface area contributed by atoms with E-state index in [1.165, 1.54) is 5.56 Å². The number of aromatic nitrogens is 2. The van der Waals surface area contributed by atoms with Crippen LogP contribution in [0, 0.1) is 5.41 Å². The Labute approximate surface area is 241 Å². The Morgan fingerprint density at radius 2 is 1.60 bits per heavy atom. The summed E-state index contributed by atoms with van der Waals surface area (Å²) in [5.74, 6) is -0.810. The molecule has 0 bridgehead atoms. The third kappa shape index (κ3) is 8.03. The molecule has 6 nitrogen and oxygen atoms in total. The lowest BCUT2D eigenvalue weighted by molar-refractivity contribution is -0.139. The molecule has 0 aliphatic heterocycles. The summed E-state index contributed by atoms with van der Waals surface area (Å²) >= 11 is 6.11. The van der Waals surface area contributed by atoms with Gasteiger partial charge in [-0.3, -0.25) is 9.59 Å². The first kappa shape index (κ1) is 29.5. The fourth-order valence-corrected chi connectivity index (χ4v) is 5.36. The molecule has 1 N–H and O–H groups in total. The van der Waals surface area contributed by atoms with E-state index in [9.17, 15) is 14.7 Å². The van der Waals surface area contributed by atoms with E-state index >= 15 is 0 Å². The van der Waals surface area contributed by atoms with Gasteiger partial charge >= 0.3 is 5.97 Å². The first-order valence-electron chi connectivity index (χ1n) is 13.8. The summed E-state index contributed by atoms with van der Waals surface area (Å²) in [6.07, 6.45) is 2.70. The lowest BCUT2D eigenvalue weighted by Crippen LogP contribution is -2.32. The van der Waals surface area contributed by atoms with E-state index in [2.05, 4.69) is 24.1 Å². The Hall–Kier alpha value is -3.48. The van der Waals surface area contributed by atoms with Crippen LogP contribution in [0.25, 0.3) is 10.8 Å². The number of hydrogen-bond acceptors (Lipinski definition) is 4. The zero-order valence-corrected chi connectivity index (χ0v) is 24.3. The molecule has 1 atom stereocenters. The SMILES string of the molecule is CN(CCC(CCC(C)(C)CC(=O)O)n1nc(Cc2ccc(Cl)cc2)c2ccccc2c1=O)Cc1ccccc1. The Morgan fingerprint density at radius 1 is 0.950 bits per heavy atom. The number of rotatable bonds is 13. The van der Waals surface area contributed by atoms with Gasteiger partial charge in [-0.15, -0.1) is 0 Å². The average Bonchev–Trinajstić information content (AvgIpc) is 2.92. The van der Waals surface area contributed by atoms with Gasteiger partial charge in [-0.1, -0.05) is 86.1 Å². The molecule has 40 heavy (non-hydrogen) atoms. The Morgan fingerprint density at radius 3 is 2.27 bits per heavy atom. The number of fused-ring (bicyclic) bond motifs is 1. The molecule has 3 aromatic carbocycles. The van der Waals surface area contributed by atoms with Crippen LogP contribution in [0.3, 0.4) is 0 Å². The average molecular weight is 560 g/mol. The third-order valence-electron chi connectivity index (χ3n) is 7.46. The van der Waals surface area contributed by atoms with E-state index in [4.69, 9.17) is 16.7 Å². The monoisotopic (exact) mass is 559 g/mol. The molecule has 0 spiro atoms. The summed E-state index contributed by atoms with van der Waals surface area (Å²) in [6, 6.07) is 25.5. The number of benzene rings is 3. The van der Waals surface area contributed by atoms with E-state index in [1.807, 2.05) is 80.6 Å². The molecule has 1 heterocycles. The first-order chi connectivity index (χ1) is 19.1. The first-order valence-corrected chi connectivity index (χ1v) is 14.2. The van der Waals surface area contributed by atoms with Crippen LogP contribution in [0.4, 0.5) is 0 Å². The summed E-state index contributed by atoms with van der Waals surface area (Å²) in [5, 5.41) is 16.6. The Balaban J connectivity index is 1.67. The highest BCUT2D eigenvalue weighted by Gasteiger charge is 2.26. The Bertz CT molecular complexity index is 1480. The van der Waals surface area contributed by atoms with Crippen LogP contribution in [0.15, 0.2) is 83.7 Å². The van der Waals surface area contributed by atoms with Crippen molar-refractivity contribution in [2.75, 3.05) is 13.6 Å². The zero-order chi connectivity index (χ0) is 28.7. The lowest BCUT2D eigenvalue weighted by Gasteiger charge is -2.28. The van der Waals surface area contributed by atoms with Gasteiger partial charge in [-0.25, -0.2) is 4.68 Å². The summed E-state index contributed by atoms with van der Waals surface area (Å²) in [5.41, 5.74) is 2.63. The molecule has 0 fully saturated rings. The summed E-state index contributed by atoms with van der Waals surface area (Å²) in [6.45, 7) is 5.52. The van der Waals surface area contributed by atoms with Crippen molar-refractivity contribution in [2.45, 2.75) is 58.5 Å². The molecular weight excluding hydrogens is 522 g/mol. The number of hydrogen-bond donors (Lipinski definition) is 1. The van der Waals surface area contributed by atoms with Gasteiger partial charge in [0.25, 0.3) is 5.56 Å². The summed E-state index contributed by atoms with van der Waals surface area (Å²) in [4.78, 5) is 27.6. The van der Waals surface area contributed by atoms with E-state index < -0.39 is 11.4 Å². The normalized spacial score (nSPS) is 12.6. The number of aliphatic carboxylic acids is 1. The number of carbonyl (C=O) groups is 1. The van der Waals surface area contributed by atoms with Crippen LogP contribution in [-0.4, -0.2) is 39.3 Å². The van der Waals surface area contributed by atoms with Gasteiger partial charge in [0, 0.05) is 29.9 Å². The van der Waals surface area contributed by atoms with Gasteiger partial charge < -0.3 is 10.0 Å². The van der Waals surface area contributed by atoms with Crippen molar-refractivity contribution in [1.82, 2.24) is 14.7 Å². The number of halogens is 1. The highest BCUT2D eigenvalue weighted by Crippen LogP contribution is 2.31. The van der Waals surface area contributed by atoms with Gasteiger partial charge in [-0.2, -0.15) is 5.10 Å². The molecule has 4 aromatic rings. The van der Waals surface area contributed by atoms with Crippen molar-refractivity contribution >= 4 is 28.3 Å². The number of carboxylic acids is 1. The van der Waals surface area contributed by atoms with Crippen LogP contribution < -0.4 is 5.56 Å². The van der Waals surface area contributed by atoms with E-state index in [0.717, 1.165) is 36.2 Å². The van der Waals surface area contributed by atoms with Crippen molar-refractivity contribution in [3.63, 3.8) is 0 Å². The molecule has 0 saturated carbocycles. The highest BCUT2D eigenvalue weighted by molar-refractivity contribution is 6.30. The Kier molecular flexibility index (Phi) is 9.77. The van der Waals surface area contributed by atoms with Crippen molar-refractivity contribution in [3.05, 3.63) is 111 Å². The highest BCUT2D eigenvalue weighted by atomic mass is 35.5. The van der Waals surface area contributed by atoms with Gasteiger partial charge in [0.1, 0.15) is 0 Å². The van der Waals surface area contributed by atoms with Gasteiger partial charge in [0.15, 0.2) is 0 Å². The van der Waals surface area contributed by atoms with Gasteiger partial charge in [0.2, 0.25) is 0 Å². The van der Waals surface area contributed by atoms with E-state index in [-0.39, 0.29) is 18.0 Å². The third-order valence-corrected chi connectivity index (χ3v) is 7.71. The topological polar surface area (TPSA) is 75.4 Å². The maximum absolute atomic E-state index is 13.8. The lowest BCUT2D eigenvalue weighted by atomic mass is 9.83. The second-order valence-corrected chi connectivity index (χ2v) is 11.9. The maximum Gasteiger partial charge on any atom is 0.303 e. The zero-order valence-electron chi connectivity index (χ0n) is 23.5.